The largest absolute Gasteiger partial charge is 0.311 e. The molecule has 2 heteroatoms. The van der Waals surface area contributed by atoms with Crippen molar-refractivity contribution in [2.24, 2.45) is 5.92 Å². The predicted molar refractivity (Wildman–Crippen MR) is 75.6 cm³/mol. The van der Waals surface area contributed by atoms with E-state index in [0.717, 1.165) is 12.5 Å². The van der Waals surface area contributed by atoms with Gasteiger partial charge in [-0.2, -0.15) is 0 Å². The Labute approximate surface area is 110 Å². The maximum Gasteiger partial charge on any atom is 0.0473 e. The lowest BCUT2D eigenvalue weighted by atomic mass is 9.84. The molecule has 1 heterocycles. The molecule has 0 aromatic heterocycles. The molecule has 18 heavy (non-hydrogen) atoms. The Balaban J connectivity index is 1.72. The van der Waals surface area contributed by atoms with Crippen LogP contribution in [0.25, 0.3) is 0 Å². The molecule has 1 aromatic carbocycles. The molecule has 2 unspecified atom stereocenters. The molecule has 1 aliphatic carbocycles. The van der Waals surface area contributed by atoms with Crippen molar-refractivity contribution in [2.45, 2.75) is 38.3 Å². The lowest BCUT2D eigenvalue weighted by molar-refractivity contribution is 0.0922. The smallest absolute Gasteiger partial charge is 0.0473 e. The van der Waals surface area contributed by atoms with Gasteiger partial charge in [0, 0.05) is 31.7 Å². The summed E-state index contributed by atoms with van der Waals surface area (Å²) >= 11 is 0. The zero-order valence-corrected chi connectivity index (χ0v) is 11.3. The van der Waals surface area contributed by atoms with Crippen LogP contribution in [0.15, 0.2) is 30.3 Å². The number of rotatable bonds is 3. The van der Waals surface area contributed by atoms with Crippen molar-refractivity contribution < 1.29 is 0 Å². The molecule has 0 spiro atoms. The molecule has 2 aliphatic rings. The quantitative estimate of drug-likeness (QED) is 0.879. The summed E-state index contributed by atoms with van der Waals surface area (Å²) in [5.74, 6) is 0.960. The Kier molecular flexibility index (Phi) is 3.67. The van der Waals surface area contributed by atoms with Crippen molar-refractivity contribution in [3.63, 3.8) is 0 Å². The van der Waals surface area contributed by atoms with E-state index in [1.54, 1.807) is 0 Å². The van der Waals surface area contributed by atoms with Crippen molar-refractivity contribution in [1.82, 2.24) is 10.2 Å². The maximum absolute atomic E-state index is 3.63. The van der Waals surface area contributed by atoms with Crippen molar-refractivity contribution in [2.75, 3.05) is 19.6 Å². The summed E-state index contributed by atoms with van der Waals surface area (Å²) in [6.45, 7) is 5.88. The molecule has 1 aromatic rings. The standard InChI is InChI=1S/C16H24N2/c1-13-11-18(12-14-6-5-7-14)16(10-17-13)15-8-3-2-4-9-15/h2-4,8-9,13-14,16-17H,5-7,10-12H2,1H3. The summed E-state index contributed by atoms with van der Waals surface area (Å²) < 4.78 is 0. The van der Waals surface area contributed by atoms with Crippen LogP contribution >= 0.6 is 0 Å². The van der Waals surface area contributed by atoms with Crippen LogP contribution in [0.4, 0.5) is 0 Å². The highest BCUT2D eigenvalue weighted by atomic mass is 15.2. The van der Waals surface area contributed by atoms with Gasteiger partial charge in [-0.1, -0.05) is 36.8 Å². The Hall–Kier alpha value is -0.860. The third-order valence-electron chi connectivity index (χ3n) is 4.51. The molecule has 1 saturated carbocycles. The van der Waals surface area contributed by atoms with Gasteiger partial charge in [0.2, 0.25) is 0 Å². The van der Waals surface area contributed by atoms with Gasteiger partial charge in [0.1, 0.15) is 0 Å². The van der Waals surface area contributed by atoms with Gasteiger partial charge >= 0.3 is 0 Å². The van der Waals surface area contributed by atoms with Crippen LogP contribution in [0, 0.1) is 5.92 Å². The fraction of sp³-hybridized carbons (Fsp3) is 0.625. The molecule has 1 saturated heterocycles. The van der Waals surface area contributed by atoms with E-state index in [1.807, 2.05) is 0 Å². The molecule has 2 atom stereocenters. The van der Waals surface area contributed by atoms with Crippen molar-refractivity contribution in [3.05, 3.63) is 35.9 Å². The second kappa shape index (κ2) is 5.41. The molecule has 1 N–H and O–H groups in total. The fourth-order valence-corrected chi connectivity index (χ4v) is 3.20. The second-order valence-corrected chi connectivity index (χ2v) is 5.99. The van der Waals surface area contributed by atoms with Gasteiger partial charge < -0.3 is 5.32 Å². The molecule has 0 amide bonds. The van der Waals surface area contributed by atoms with Gasteiger partial charge in [-0.15, -0.1) is 0 Å². The summed E-state index contributed by atoms with van der Waals surface area (Å²) in [7, 11) is 0. The molecular weight excluding hydrogens is 220 g/mol. The van der Waals surface area contributed by atoms with Gasteiger partial charge in [0.25, 0.3) is 0 Å². The normalized spacial score (nSPS) is 30.1. The zero-order valence-electron chi connectivity index (χ0n) is 11.3. The molecule has 1 aliphatic heterocycles. The minimum absolute atomic E-state index is 0.572. The lowest BCUT2D eigenvalue weighted by Gasteiger charge is -2.43. The highest BCUT2D eigenvalue weighted by molar-refractivity contribution is 5.20. The lowest BCUT2D eigenvalue weighted by Crippen LogP contribution is -2.52. The monoisotopic (exact) mass is 244 g/mol. The van der Waals surface area contributed by atoms with Crippen LogP contribution in [-0.2, 0) is 0 Å². The first-order chi connectivity index (χ1) is 8.83. The highest BCUT2D eigenvalue weighted by Gasteiger charge is 2.30. The summed E-state index contributed by atoms with van der Waals surface area (Å²) in [5, 5.41) is 3.63. The number of hydrogen-bond donors (Lipinski definition) is 1. The van der Waals surface area contributed by atoms with Gasteiger partial charge in [-0.25, -0.2) is 0 Å². The van der Waals surface area contributed by atoms with E-state index in [-0.39, 0.29) is 0 Å². The Morgan fingerprint density at radius 2 is 2.00 bits per heavy atom. The number of hydrogen-bond acceptors (Lipinski definition) is 2. The number of nitrogens with one attached hydrogen (secondary N) is 1. The third kappa shape index (κ3) is 2.60. The van der Waals surface area contributed by atoms with Gasteiger partial charge in [0.05, 0.1) is 0 Å². The van der Waals surface area contributed by atoms with Crippen molar-refractivity contribution in [1.29, 1.82) is 0 Å². The summed E-state index contributed by atoms with van der Waals surface area (Å²) in [5.41, 5.74) is 1.47. The van der Waals surface area contributed by atoms with E-state index < -0.39 is 0 Å². The van der Waals surface area contributed by atoms with Gasteiger partial charge in [-0.3, -0.25) is 4.90 Å². The number of piperazine rings is 1. The van der Waals surface area contributed by atoms with Crippen molar-refractivity contribution >= 4 is 0 Å². The topological polar surface area (TPSA) is 15.3 Å². The van der Waals surface area contributed by atoms with Gasteiger partial charge in [-0.05, 0) is 31.2 Å². The average Bonchev–Trinajstić information content (AvgIpc) is 2.35. The molecule has 0 radical (unpaired) electrons. The van der Waals surface area contributed by atoms with Gasteiger partial charge in [0.15, 0.2) is 0 Å². The highest BCUT2D eigenvalue weighted by Crippen LogP contribution is 2.31. The van der Waals surface area contributed by atoms with Crippen LogP contribution in [0.2, 0.25) is 0 Å². The second-order valence-electron chi connectivity index (χ2n) is 5.99. The first-order valence-corrected chi connectivity index (χ1v) is 7.35. The van der Waals surface area contributed by atoms with E-state index in [0.29, 0.717) is 12.1 Å². The zero-order chi connectivity index (χ0) is 12.4. The molecule has 0 bridgehead atoms. The van der Waals surface area contributed by atoms with Crippen LogP contribution in [0.1, 0.15) is 37.8 Å². The SMILES string of the molecule is CC1CN(CC2CCC2)C(c2ccccc2)CN1. The van der Waals surface area contributed by atoms with Crippen LogP contribution in [-0.4, -0.2) is 30.6 Å². The van der Waals surface area contributed by atoms with E-state index in [2.05, 4.69) is 47.5 Å². The molecule has 2 nitrogen and oxygen atoms in total. The summed E-state index contributed by atoms with van der Waals surface area (Å²) in [6, 6.07) is 12.2. The molecule has 3 rings (SSSR count). The Morgan fingerprint density at radius 1 is 1.22 bits per heavy atom. The van der Waals surface area contributed by atoms with Crippen LogP contribution in [0.3, 0.4) is 0 Å². The summed E-state index contributed by atoms with van der Waals surface area (Å²) in [6.07, 6.45) is 4.34. The van der Waals surface area contributed by atoms with Crippen LogP contribution in [0.5, 0.6) is 0 Å². The molecular formula is C16H24N2. The van der Waals surface area contributed by atoms with E-state index in [9.17, 15) is 0 Å². The fourth-order valence-electron chi connectivity index (χ4n) is 3.20. The molecule has 98 valence electrons. The minimum Gasteiger partial charge on any atom is -0.311 e. The third-order valence-corrected chi connectivity index (χ3v) is 4.51. The van der Waals surface area contributed by atoms with Crippen LogP contribution < -0.4 is 5.32 Å². The maximum atomic E-state index is 3.63. The van der Waals surface area contributed by atoms with Crippen molar-refractivity contribution in [3.8, 4) is 0 Å². The first kappa shape index (κ1) is 12.2. The Morgan fingerprint density at radius 3 is 2.67 bits per heavy atom. The average molecular weight is 244 g/mol. The number of benzene rings is 1. The van der Waals surface area contributed by atoms with E-state index in [4.69, 9.17) is 0 Å². The predicted octanol–water partition coefficient (Wildman–Crippen LogP) is 2.82. The molecule has 2 fully saturated rings. The van der Waals surface area contributed by atoms with E-state index >= 15 is 0 Å². The number of nitrogens with zero attached hydrogens (tertiary/aromatic N) is 1. The first-order valence-electron chi connectivity index (χ1n) is 7.35. The van der Waals surface area contributed by atoms with E-state index in [1.165, 1.54) is 37.9 Å². The minimum atomic E-state index is 0.572. The Bertz CT molecular complexity index is 372. The summed E-state index contributed by atoms with van der Waals surface area (Å²) in [4.78, 5) is 2.71.